The highest BCUT2D eigenvalue weighted by molar-refractivity contribution is 6.32. The highest BCUT2D eigenvalue weighted by Gasteiger charge is 2.64. The van der Waals surface area contributed by atoms with Crippen LogP contribution in [0.5, 0.6) is 11.5 Å². The van der Waals surface area contributed by atoms with E-state index in [0.29, 0.717) is 17.6 Å². The van der Waals surface area contributed by atoms with Crippen LogP contribution < -0.4 is 14.4 Å². The van der Waals surface area contributed by atoms with Crippen molar-refractivity contribution in [3.8, 4) is 11.5 Å². The Morgan fingerprint density at radius 1 is 0.902 bits per heavy atom. The van der Waals surface area contributed by atoms with Gasteiger partial charge in [0.15, 0.2) is 17.3 Å². The third kappa shape index (κ3) is 4.08. The molecule has 0 aromatic heterocycles. The fourth-order valence-corrected chi connectivity index (χ4v) is 6.37. The van der Waals surface area contributed by atoms with Gasteiger partial charge in [-0.25, -0.2) is 4.90 Å². The molecular weight excluding hydrogens is 561 g/mol. The maximum Gasteiger partial charge on any atom is 0.417 e. The van der Waals surface area contributed by atoms with Gasteiger partial charge in [-0.1, -0.05) is 35.9 Å². The van der Waals surface area contributed by atoms with Gasteiger partial charge in [-0.2, -0.15) is 13.2 Å². The predicted molar refractivity (Wildman–Crippen MR) is 144 cm³/mol. The second kappa shape index (κ2) is 9.66. The first-order valence-electron chi connectivity index (χ1n) is 12.6. The summed E-state index contributed by atoms with van der Waals surface area (Å²) in [4.78, 5) is 44.6. The molecular formula is C30H22ClF3N2O5. The van der Waals surface area contributed by atoms with Gasteiger partial charge in [-0.15, -0.1) is 0 Å². The van der Waals surface area contributed by atoms with Crippen LogP contribution in [0.3, 0.4) is 0 Å². The van der Waals surface area contributed by atoms with Crippen molar-refractivity contribution in [2.45, 2.75) is 18.3 Å². The Kier molecular flexibility index (Phi) is 6.33. The normalized spacial score (nSPS) is 22.9. The van der Waals surface area contributed by atoms with Crippen LogP contribution in [0.1, 0.15) is 33.1 Å². The Morgan fingerprint density at radius 2 is 1.61 bits per heavy atom. The summed E-state index contributed by atoms with van der Waals surface area (Å²) in [6.45, 7) is 0. The van der Waals surface area contributed by atoms with Crippen molar-refractivity contribution >= 4 is 41.0 Å². The van der Waals surface area contributed by atoms with Crippen molar-refractivity contribution in [2.75, 3.05) is 19.1 Å². The van der Waals surface area contributed by atoms with Crippen molar-refractivity contribution in [3.63, 3.8) is 0 Å². The van der Waals surface area contributed by atoms with E-state index < -0.39 is 58.3 Å². The summed E-state index contributed by atoms with van der Waals surface area (Å²) < 4.78 is 51.6. The summed E-state index contributed by atoms with van der Waals surface area (Å²) in [5.41, 5.74) is 0.359. The number of alkyl halides is 3. The van der Waals surface area contributed by atoms with Crippen LogP contribution in [0.2, 0.25) is 5.02 Å². The van der Waals surface area contributed by atoms with Crippen LogP contribution >= 0.6 is 11.6 Å². The standard InChI is InChI=1S/C30H22ClF3N2O5/c1-40-21-10-7-16(13-22(21)41-2)27(37)26-24-23(25-18-6-4-3-5-15(18)11-12-35(25)26)28(38)36(29(24)39)17-8-9-20(31)19(14-17)30(32,33)34/h3-14,23-26H,1-2H3/t23-,24-,25+,26-/m0/s1. The lowest BCUT2D eigenvalue weighted by atomic mass is 9.83. The molecule has 0 aliphatic carbocycles. The van der Waals surface area contributed by atoms with E-state index in [2.05, 4.69) is 0 Å². The number of fused-ring (bicyclic) bond motifs is 5. The number of hydrogen-bond donors (Lipinski definition) is 0. The number of methoxy groups -OCH3 is 2. The molecule has 3 aromatic rings. The number of anilines is 1. The molecule has 0 spiro atoms. The molecule has 7 nitrogen and oxygen atoms in total. The second-order valence-electron chi connectivity index (χ2n) is 9.94. The number of hydrogen-bond acceptors (Lipinski definition) is 6. The van der Waals surface area contributed by atoms with Gasteiger partial charge in [0.05, 0.1) is 48.4 Å². The quantitative estimate of drug-likeness (QED) is 0.281. The van der Waals surface area contributed by atoms with Gasteiger partial charge in [0.2, 0.25) is 11.8 Å². The SMILES string of the molecule is COc1ccc(C(=O)[C@@H]2[C@H]3C(=O)N(c4ccc(Cl)c(C(F)(F)F)c4)C(=O)[C@@H]3[C@H]3c4ccccc4C=CN23)cc1OC. The average Bonchev–Trinajstić information content (AvgIpc) is 3.44. The Balaban J connectivity index is 1.48. The minimum atomic E-state index is -4.80. The number of ketones is 1. The van der Waals surface area contributed by atoms with E-state index in [0.717, 1.165) is 22.1 Å². The number of imide groups is 1. The number of nitrogens with zero attached hydrogens (tertiary/aromatic N) is 2. The zero-order chi connectivity index (χ0) is 29.2. The topological polar surface area (TPSA) is 76.2 Å². The smallest absolute Gasteiger partial charge is 0.417 e. The largest absolute Gasteiger partial charge is 0.493 e. The number of halogens is 4. The highest BCUT2D eigenvalue weighted by atomic mass is 35.5. The van der Waals surface area contributed by atoms with Gasteiger partial charge < -0.3 is 14.4 Å². The first kappa shape index (κ1) is 26.9. The van der Waals surface area contributed by atoms with Gasteiger partial charge >= 0.3 is 6.18 Å². The number of Topliss-reactive ketones (excluding diaryl/α,β-unsaturated/α-hetero) is 1. The summed E-state index contributed by atoms with van der Waals surface area (Å²) in [5, 5.41) is -0.556. The second-order valence-corrected chi connectivity index (χ2v) is 10.3. The number of benzene rings is 3. The van der Waals surface area contributed by atoms with E-state index in [1.807, 2.05) is 24.3 Å². The Morgan fingerprint density at radius 3 is 2.32 bits per heavy atom. The molecule has 3 heterocycles. The Hall–Kier alpha value is -4.31. The van der Waals surface area contributed by atoms with E-state index in [1.54, 1.807) is 29.3 Å². The van der Waals surface area contributed by atoms with Gasteiger partial charge in [-0.05, 0) is 53.6 Å². The molecule has 0 radical (unpaired) electrons. The lowest BCUT2D eigenvalue weighted by Crippen LogP contribution is -2.44. The van der Waals surface area contributed by atoms with Crippen LogP contribution in [0.4, 0.5) is 18.9 Å². The molecule has 6 rings (SSSR count). The Bertz CT molecular complexity index is 1640. The number of amides is 2. The van der Waals surface area contributed by atoms with E-state index in [9.17, 15) is 27.6 Å². The maximum atomic E-state index is 14.1. The maximum absolute atomic E-state index is 14.1. The molecule has 0 bridgehead atoms. The lowest BCUT2D eigenvalue weighted by molar-refractivity contribution is -0.137. The van der Waals surface area contributed by atoms with E-state index >= 15 is 0 Å². The number of ether oxygens (including phenoxy) is 2. The minimum Gasteiger partial charge on any atom is -0.493 e. The van der Waals surface area contributed by atoms with Gasteiger partial charge in [0.25, 0.3) is 0 Å². The van der Waals surface area contributed by atoms with Gasteiger partial charge in [0.1, 0.15) is 6.04 Å². The molecule has 2 amide bonds. The fourth-order valence-electron chi connectivity index (χ4n) is 6.14. The Labute approximate surface area is 237 Å². The number of carbonyl (C=O) groups excluding carboxylic acids is 3. The van der Waals surface area contributed by atoms with Crippen molar-refractivity contribution in [1.82, 2.24) is 4.90 Å². The van der Waals surface area contributed by atoms with Crippen LogP contribution in [0, 0.1) is 11.8 Å². The summed E-state index contributed by atoms with van der Waals surface area (Å²) in [6, 6.07) is 13.0. The first-order chi connectivity index (χ1) is 19.6. The first-order valence-corrected chi connectivity index (χ1v) is 13.0. The average molecular weight is 583 g/mol. The lowest BCUT2D eigenvalue weighted by Gasteiger charge is -2.35. The predicted octanol–water partition coefficient (Wildman–Crippen LogP) is 5.77. The fraction of sp³-hybridized carbons (Fsp3) is 0.233. The zero-order valence-corrected chi connectivity index (χ0v) is 22.4. The summed E-state index contributed by atoms with van der Waals surface area (Å²) in [6.07, 6.45) is -1.29. The molecule has 0 saturated carbocycles. The van der Waals surface area contributed by atoms with Crippen LogP contribution in [-0.2, 0) is 15.8 Å². The van der Waals surface area contributed by atoms with E-state index in [-0.39, 0.29) is 11.3 Å². The molecule has 0 N–H and O–H groups in total. The van der Waals surface area contributed by atoms with E-state index in [1.165, 1.54) is 26.4 Å². The molecule has 3 aliphatic heterocycles. The minimum absolute atomic E-state index is 0.226. The molecule has 41 heavy (non-hydrogen) atoms. The molecule has 2 fully saturated rings. The van der Waals surface area contributed by atoms with E-state index in [4.69, 9.17) is 21.1 Å². The third-order valence-electron chi connectivity index (χ3n) is 7.91. The zero-order valence-electron chi connectivity index (χ0n) is 21.7. The molecule has 2 saturated heterocycles. The number of rotatable bonds is 5. The molecule has 3 aromatic carbocycles. The molecule has 4 atom stereocenters. The van der Waals surface area contributed by atoms with Gasteiger partial charge in [0, 0.05) is 11.8 Å². The third-order valence-corrected chi connectivity index (χ3v) is 8.24. The van der Waals surface area contributed by atoms with Crippen molar-refractivity contribution in [1.29, 1.82) is 0 Å². The van der Waals surface area contributed by atoms with Crippen molar-refractivity contribution in [2.24, 2.45) is 11.8 Å². The van der Waals surface area contributed by atoms with Crippen molar-refractivity contribution < 1.29 is 37.0 Å². The van der Waals surface area contributed by atoms with Crippen LogP contribution in [-0.4, -0.2) is 42.8 Å². The number of carbonyl (C=O) groups is 3. The summed E-state index contributed by atoms with van der Waals surface area (Å²) in [7, 11) is 2.89. The summed E-state index contributed by atoms with van der Waals surface area (Å²) in [5.74, 6) is -3.35. The summed E-state index contributed by atoms with van der Waals surface area (Å²) >= 11 is 5.80. The monoisotopic (exact) mass is 582 g/mol. The molecule has 210 valence electrons. The molecule has 3 aliphatic rings. The highest BCUT2D eigenvalue weighted by Crippen LogP contribution is 2.54. The van der Waals surface area contributed by atoms with Crippen LogP contribution in [0.25, 0.3) is 6.08 Å². The molecule has 0 unspecified atom stereocenters. The van der Waals surface area contributed by atoms with Crippen molar-refractivity contribution in [3.05, 3.63) is 94.1 Å². The molecule has 11 heteroatoms. The van der Waals surface area contributed by atoms with Gasteiger partial charge in [-0.3, -0.25) is 14.4 Å². The van der Waals surface area contributed by atoms with Crippen LogP contribution in [0.15, 0.2) is 66.9 Å².